The average molecular weight is 290 g/mol. The van der Waals surface area contributed by atoms with Crippen molar-refractivity contribution in [3.05, 3.63) is 24.3 Å². The van der Waals surface area contributed by atoms with Crippen LogP contribution < -0.4 is 9.47 Å². The Kier molecular flexibility index (Phi) is 4.44. The molecule has 0 aromatic heterocycles. The van der Waals surface area contributed by atoms with E-state index >= 15 is 0 Å². The van der Waals surface area contributed by atoms with Crippen LogP contribution in [0.5, 0.6) is 11.5 Å². The molecule has 2 aliphatic rings. The lowest BCUT2D eigenvalue weighted by Crippen LogP contribution is -2.30. The predicted octanol–water partition coefficient (Wildman–Crippen LogP) is 2.99. The van der Waals surface area contributed by atoms with Gasteiger partial charge in [-0.25, -0.2) is 0 Å². The Morgan fingerprint density at radius 3 is 2.52 bits per heavy atom. The van der Waals surface area contributed by atoms with Gasteiger partial charge in [-0.1, -0.05) is 12.1 Å². The molecule has 0 aliphatic carbocycles. The molecule has 21 heavy (non-hydrogen) atoms. The number of Topliss-reactive ketones (excluding diaryl/α,β-unsaturated/α-hetero) is 1. The normalized spacial score (nSPS) is 27.4. The molecule has 1 aromatic carbocycles. The highest BCUT2D eigenvalue weighted by Crippen LogP contribution is 2.36. The quantitative estimate of drug-likeness (QED) is 0.808. The highest BCUT2D eigenvalue weighted by Gasteiger charge is 2.37. The zero-order valence-electron chi connectivity index (χ0n) is 12.4. The maximum absolute atomic E-state index is 12.3. The minimum absolute atomic E-state index is 0.164. The van der Waals surface area contributed by atoms with E-state index < -0.39 is 0 Å². The molecular weight excluding hydrogens is 268 g/mol. The fourth-order valence-electron chi connectivity index (χ4n) is 3.32. The molecule has 0 amide bonds. The average Bonchev–Trinajstić information content (AvgIpc) is 2.86. The summed E-state index contributed by atoms with van der Waals surface area (Å²) in [6.45, 7) is 0.409. The van der Waals surface area contributed by atoms with Crippen LogP contribution in [0.3, 0.4) is 0 Å². The number of carbonyl (C=O) groups is 1. The first-order valence-corrected chi connectivity index (χ1v) is 7.70. The minimum Gasteiger partial charge on any atom is -0.493 e. The van der Waals surface area contributed by atoms with Crippen molar-refractivity contribution in [3.8, 4) is 11.5 Å². The first kappa shape index (κ1) is 14.4. The maximum atomic E-state index is 12.3. The van der Waals surface area contributed by atoms with Gasteiger partial charge in [0.15, 0.2) is 11.5 Å². The van der Waals surface area contributed by atoms with Crippen LogP contribution in [0.2, 0.25) is 0 Å². The summed E-state index contributed by atoms with van der Waals surface area (Å²) < 4.78 is 16.7. The zero-order valence-corrected chi connectivity index (χ0v) is 12.4. The van der Waals surface area contributed by atoms with Gasteiger partial charge in [-0.15, -0.1) is 0 Å². The number of carbonyl (C=O) groups excluding carboxylic acids is 1. The van der Waals surface area contributed by atoms with E-state index in [1.165, 1.54) is 0 Å². The van der Waals surface area contributed by atoms with Gasteiger partial charge in [-0.05, 0) is 37.8 Å². The fraction of sp³-hybridized carbons (Fsp3) is 0.588. The lowest BCUT2D eigenvalue weighted by Gasteiger charge is -2.27. The Bertz CT molecular complexity index is 487. The Balaban J connectivity index is 1.48. The van der Waals surface area contributed by atoms with Crippen molar-refractivity contribution in [2.24, 2.45) is 5.92 Å². The number of methoxy groups -OCH3 is 1. The van der Waals surface area contributed by atoms with Crippen molar-refractivity contribution in [3.63, 3.8) is 0 Å². The highest BCUT2D eigenvalue weighted by atomic mass is 16.5. The topological polar surface area (TPSA) is 44.8 Å². The van der Waals surface area contributed by atoms with Crippen LogP contribution in [0.15, 0.2) is 24.3 Å². The summed E-state index contributed by atoms with van der Waals surface area (Å²) in [6.07, 6.45) is 5.11. The van der Waals surface area contributed by atoms with E-state index in [4.69, 9.17) is 14.2 Å². The van der Waals surface area contributed by atoms with E-state index in [1.54, 1.807) is 7.11 Å². The van der Waals surface area contributed by atoms with Crippen LogP contribution in [-0.2, 0) is 9.53 Å². The number of hydrogen-bond donors (Lipinski definition) is 0. The Morgan fingerprint density at radius 2 is 1.86 bits per heavy atom. The minimum atomic E-state index is 0.164. The highest BCUT2D eigenvalue weighted by molar-refractivity contribution is 5.81. The lowest BCUT2D eigenvalue weighted by molar-refractivity contribution is -0.129. The van der Waals surface area contributed by atoms with Crippen molar-refractivity contribution in [2.75, 3.05) is 13.7 Å². The molecule has 0 N–H and O–H groups in total. The summed E-state index contributed by atoms with van der Waals surface area (Å²) in [5, 5.41) is 0. The second-order valence-corrected chi connectivity index (χ2v) is 5.84. The second kappa shape index (κ2) is 6.48. The number of para-hydroxylation sites is 2. The Morgan fingerprint density at radius 1 is 1.19 bits per heavy atom. The summed E-state index contributed by atoms with van der Waals surface area (Å²) in [7, 11) is 1.62. The number of hydrogen-bond acceptors (Lipinski definition) is 4. The van der Waals surface area contributed by atoms with Crippen molar-refractivity contribution in [2.45, 2.75) is 44.3 Å². The monoisotopic (exact) mass is 290 g/mol. The van der Waals surface area contributed by atoms with E-state index in [9.17, 15) is 4.79 Å². The predicted molar refractivity (Wildman–Crippen MR) is 78.7 cm³/mol. The molecular formula is C17H22O4. The van der Waals surface area contributed by atoms with E-state index in [0.29, 0.717) is 42.5 Å². The molecule has 2 saturated heterocycles. The number of ether oxygens (including phenoxy) is 3. The second-order valence-electron chi connectivity index (χ2n) is 5.84. The molecule has 2 bridgehead atoms. The molecule has 3 rings (SSSR count). The Hall–Kier alpha value is -1.55. The fourth-order valence-corrected chi connectivity index (χ4v) is 3.32. The van der Waals surface area contributed by atoms with E-state index in [-0.39, 0.29) is 5.92 Å². The molecule has 1 aromatic rings. The number of benzene rings is 1. The van der Waals surface area contributed by atoms with Crippen LogP contribution in [0.25, 0.3) is 0 Å². The summed E-state index contributed by atoms with van der Waals surface area (Å²) >= 11 is 0. The van der Waals surface area contributed by atoms with Gasteiger partial charge >= 0.3 is 0 Å². The van der Waals surface area contributed by atoms with Crippen LogP contribution in [-0.4, -0.2) is 31.7 Å². The van der Waals surface area contributed by atoms with Crippen LogP contribution in [0, 0.1) is 5.92 Å². The molecule has 0 spiro atoms. The molecule has 2 fully saturated rings. The van der Waals surface area contributed by atoms with Crippen LogP contribution >= 0.6 is 0 Å². The van der Waals surface area contributed by atoms with Crippen molar-refractivity contribution in [1.82, 2.24) is 0 Å². The summed E-state index contributed by atoms with van der Waals surface area (Å²) in [6, 6.07) is 7.51. The summed E-state index contributed by atoms with van der Waals surface area (Å²) in [5.74, 6) is 1.87. The SMILES string of the molecule is COc1ccccc1OCCC(=O)C1CC2CCC(C1)O2. The molecule has 0 radical (unpaired) electrons. The molecule has 4 heteroatoms. The molecule has 2 heterocycles. The van der Waals surface area contributed by atoms with Crippen LogP contribution in [0.4, 0.5) is 0 Å². The van der Waals surface area contributed by atoms with E-state index in [0.717, 1.165) is 25.7 Å². The molecule has 114 valence electrons. The first-order valence-electron chi connectivity index (χ1n) is 7.70. The zero-order chi connectivity index (χ0) is 14.7. The van der Waals surface area contributed by atoms with Crippen LogP contribution in [0.1, 0.15) is 32.1 Å². The van der Waals surface area contributed by atoms with E-state index in [2.05, 4.69) is 0 Å². The summed E-state index contributed by atoms with van der Waals surface area (Å²) in [5.41, 5.74) is 0. The molecule has 2 aliphatic heterocycles. The van der Waals surface area contributed by atoms with Gasteiger partial charge in [0, 0.05) is 12.3 Å². The number of ketones is 1. The summed E-state index contributed by atoms with van der Waals surface area (Å²) in [4.78, 5) is 12.3. The third-order valence-electron chi connectivity index (χ3n) is 4.42. The third kappa shape index (κ3) is 3.38. The van der Waals surface area contributed by atoms with Gasteiger partial charge in [-0.3, -0.25) is 4.79 Å². The van der Waals surface area contributed by atoms with Gasteiger partial charge in [0.25, 0.3) is 0 Å². The van der Waals surface area contributed by atoms with Gasteiger partial charge in [-0.2, -0.15) is 0 Å². The lowest BCUT2D eigenvalue weighted by atomic mass is 9.90. The van der Waals surface area contributed by atoms with Gasteiger partial charge in [0.2, 0.25) is 0 Å². The van der Waals surface area contributed by atoms with Gasteiger partial charge in [0.1, 0.15) is 5.78 Å². The molecule has 0 saturated carbocycles. The smallest absolute Gasteiger partial charge is 0.161 e. The van der Waals surface area contributed by atoms with Gasteiger partial charge in [0.05, 0.1) is 25.9 Å². The van der Waals surface area contributed by atoms with Crippen molar-refractivity contribution in [1.29, 1.82) is 0 Å². The van der Waals surface area contributed by atoms with Crippen molar-refractivity contribution >= 4 is 5.78 Å². The third-order valence-corrected chi connectivity index (χ3v) is 4.42. The molecule has 4 nitrogen and oxygen atoms in total. The van der Waals surface area contributed by atoms with Crippen molar-refractivity contribution < 1.29 is 19.0 Å². The van der Waals surface area contributed by atoms with Gasteiger partial charge < -0.3 is 14.2 Å². The Labute approximate surface area is 125 Å². The number of fused-ring (bicyclic) bond motifs is 2. The van der Waals surface area contributed by atoms with E-state index in [1.807, 2.05) is 24.3 Å². The number of rotatable bonds is 6. The first-order chi connectivity index (χ1) is 10.3. The largest absolute Gasteiger partial charge is 0.493 e. The standard InChI is InChI=1S/C17H22O4/c1-19-16-4-2-3-5-17(16)20-9-8-15(18)12-10-13-6-7-14(11-12)21-13/h2-5,12-14H,6-11H2,1H3. The molecule has 2 atom stereocenters. The molecule has 2 unspecified atom stereocenters. The maximum Gasteiger partial charge on any atom is 0.161 e.